The number of halogens is 1. The lowest BCUT2D eigenvalue weighted by molar-refractivity contribution is -0.428. The Morgan fingerprint density at radius 3 is 2.53 bits per heavy atom. The van der Waals surface area contributed by atoms with E-state index in [1.807, 2.05) is 0 Å². The Balaban J connectivity index is 4.83. The summed E-state index contributed by atoms with van der Waals surface area (Å²) in [7, 11) is 1.50. The lowest BCUT2D eigenvalue weighted by atomic mass is 10.4. The van der Waals surface area contributed by atoms with Crippen molar-refractivity contribution in [2.24, 2.45) is 4.99 Å². The number of methoxy groups -OCH3 is 1. The minimum absolute atomic E-state index is 0.0490. The van der Waals surface area contributed by atoms with Crippen LogP contribution < -0.4 is 0 Å². The highest BCUT2D eigenvalue weighted by Crippen LogP contribution is 2.21. The number of allylic oxidation sites excluding steroid dienone is 1. The highest BCUT2D eigenvalue weighted by Gasteiger charge is 2.19. The molecule has 0 spiro atoms. The van der Waals surface area contributed by atoms with Crippen molar-refractivity contribution in [2.75, 3.05) is 20.3 Å². The van der Waals surface area contributed by atoms with Crippen molar-refractivity contribution in [3.05, 3.63) is 32.8 Å². The molecule has 15 heavy (non-hydrogen) atoms. The molecule has 6 nitrogen and oxygen atoms in total. The van der Waals surface area contributed by atoms with Crippen LogP contribution in [-0.4, -0.2) is 32.0 Å². The Morgan fingerprint density at radius 2 is 2.20 bits per heavy atom. The number of nitro groups is 1. The molecule has 7 heteroatoms. The van der Waals surface area contributed by atoms with Crippen LogP contribution in [0.1, 0.15) is 0 Å². The van der Waals surface area contributed by atoms with Gasteiger partial charge < -0.3 is 19.6 Å². The molecule has 0 unspecified atom stereocenters. The molecule has 0 heterocycles. The second-order valence-electron chi connectivity index (χ2n) is 2.31. The molecule has 0 saturated carbocycles. The van der Waals surface area contributed by atoms with Crippen LogP contribution in [0, 0.1) is 10.1 Å². The van der Waals surface area contributed by atoms with E-state index in [0.29, 0.717) is 6.61 Å². The molecule has 0 aromatic heterocycles. The third-order valence-electron chi connectivity index (χ3n) is 1.31. The fourth-order valence-corrected chi connectivity index (χ4v) is 0.995. The van der Waals surface area contributed by atoms with Gasteiger partial charge in [0, 0.05) is 7.11 Å². The van der Waals surface area contributed by atoms with Crippen LogP contribution in [0.4, 0.5) is 0 Å². The molecule has 0 N–H and O–H groups in total. The SMILES string of the molecule is C=N/C(=C(/OCCOC)C(=C)Br)[N+](=O)[O-]. The molecule has 0 radical (unpaired) electrons. The number of aliphatic imine (C=N–C) groups is 1. The van der Waals surface area contributed by atoms with E-state index in [4.69, 9.17) is 9.47 Å². The Labute approximate surface area is 95.6 Å². The van der Waals surface area contributed by atoms with Crippen molar-refractivity contribution in [2.45, 2.75) is 0 Å². The Kier molecular flexibility index (Phi) is 6.56. The maximum atomic E-state index is 10.5. The van der Waals surface area contributed by atoms with Gasteiger partial charge in [-0.05, 0) is 20.9 Å². The first-order valence-corrected chi connectivity index (χ1v) is 4.65. The van der Waals surface area contributed by atoms with Crippen molar-refractivity contribution in [1.29, 1.82) is 0 Å². The third-order valence-corrected chi connectivity index (χ3v) is 1.67. The first-order chi connectivity index (χ1) is 7.04. The first kappa shape index (κ1) is 13.8. The van der Waals surface area contributed by atoms with Crippen LogP contribution >= 0.6 is 15.9 Å². The average Bonchev–Trinajstić information content (AvgIpc) is 2.16. The lowest BCUT2D eigenvalue weighted by Gasteiger charge is -2.07. The van der Waals surface area contributed by atoms with Crippen LogP contribution in [0.25, 0.3) is 0 Å². The smallest absolute Gasteiger partial charge is 0.406 e. The molecular formula is C8H11BrN2O4. The molecule has 0 aliphatic rings. The van der Waals surface area contributed by atoms with E-state index in [1.54, 1.807) is 0 Å². The molecule has 0 aliphatic carbocycles. The minimum Gasteiger partial charge on any atom is -0.482 e. The van der Waals surface area contributed by atoms with Gasteiger partial charge in [-0.15, -0.1) is 0 Å². The summed E-state index contributed by atoms with van der Waals surface area (Å²) in [5.41, 5.74) is 0. The maximum Gasteiger partial charge on any atom is 0.406 e. The molecule has 0 saturated heterocycles. The lowest BCUT2D eigenvalue weighted by Crippen LogP contribution is -2.07. The van der Waals surface area contributed by atoms with E-state index >= 15 is 0 Å². The number of hydrogen-bond acceptors (Lipinski definition) is 5. The van der Waals surface area contributed by atoms with E-state index in [0.717, 1.165) is 0 Å². The van der Waals surface area contributed by atoms with Gasteiger partial charge in [0.2, 0.25) is 5.76 Å². The van der Waals surface area contributed by atoms with Gasteiger partial charge in [0.1, 0.15) is 13.3 Å². The summed E-state index contributed by atoms with van der Waals surface area (Å²) in [4.78, 5) is 13.1. The largest absolute Gasteiger partial charge is 0.482 e. The van der Waals surface area contributed by atoms with Gasteiger partial charge in [-0.3, -0.25) is 0 Å². The van der Waals surface area contributed by atoms with Gasteiger partial charge in [0.05, 0.1) is 11.1 Å². The minimum atomic E-state index is -0.693. The molecule has 0 aromatic carbocycles. The second kappa shape index (κ2) is 7.13. The molecule has 0 atom stereocenters. The van der Waals surface area contributed by atoms with Gasteiger partial charge in [-0.1, -0.05) is 11.6 Å². The Hall–Kier alpha value is -1.21. The number of ether oxygens (including phenoxy) is 2. The van der Waals surface area contributed by atoms with Crippen molar-refractivity contribution in [3.8, 4) is 0 Å². The van der Waals surface area contributed by atoms with E-state index in [2.05, 4.69) is 34.2 Å². The van der Waals surface area contributed by atoms with Gasteiger partial charge in [-0.2, -0.15) is 0 Å². The van der Waals surface area contributed by atoms with E-state index in [9.17, 15) is 10.1 Å². The molecule has 0 amide bonds. The van der Waals surface area contributed by atoms with Crippen molar-refractivity contribution in [1.82, 2.24) is 0 Å². The molecule has 84 valence electrons. The highest BCUT2D eigenvalue weighted by molar-refractivity contribution is 9.11. The van der Waals surface area contributed by atoms with Crippen molar-refractivity contribution < 1.29 is 14.4 Å². The molecule has 0 rings (SSSR count). The fourth-order valence-electron chi connectivity index (χ4n) is 0.704. The normalized spacial score (nSPS) is 11.6. The molecule has 0 aliphatic heterocycles. The van der Waals surface area contributed by atoms with Gasteiger partial charge >= 0.3 is 5.82 Å². The number of hydrogen-bond donors (Lipinski definition) is 0. The zero-order valence-corrected chi connectivity index (χ0v) is 9.82. The molecule has 0 fully saturated rings. The second-order valence-corrected chi connectivity index (χ2v) is 3.27. The summed E-state index contributed by atoms with van der Waals surface area (Å²) in [6, 6.07) is 0. The zero-order chi connectivity index (χ0) is 11.8. The fraction of sp³-hybridized carbons (Fsp3) is 0.375. The predicted octanol–water partition coefficient (Wildman–Crippen LogP) is 1.70. The van der Waals surface area contributed by atoms with Gasteiger partial charge in [0.25, 0.3) is 0 Å². The summed E-state index contributed by atoms with van der Waals surface area (Å²) in [5, 5.41) is 10.5. The van der Waals surface area contributed by atoms with Crippen LogP contribution in [0.2, 0.25) is 0 Å². The van der Waals surface area contributed by atoms with Crippen molar-refractivity contribution >= 4 is 22.6 Å². The maximum absolute atomic E-state index is 10.5. The quantitative estimate of drug-likeness (QED) is 0.177. The standard InChI is InChI=1S/C8H11BrN2O4/c1-6(9)7(15-5-4-14-3)8(10-2)11(12)13/h1-2,4-5H2,3H3/b8-7-. The topological polar surface area (TPSA) is 74.0 Å². The summed E-state index contributed by atoms with van der Waals surface area (Å²) < 4.78 is 10.1. The van der Waals surface area contributed by atoms with Gasteiger partial charge in [-0.25, -0.2) is 0 Å². The Morgan fingerprint density at radius 1 is 1.60 bits per heavy atom. The number of nitrogens with zero attached hydrogens (tertiary/aromatic N) is 2. The highest BCUT2D eigenvalue weighted by atomic mass is 79.9. The van der Waals surface area contributed by atoms with E-state index < -0.39 is 10.7 Å². The average molecular weight is 279 g/mol. The third kappa shape index (κ3) is 4.71. The van der Waals surface area contributed by atoms with Gasteiger partial charge in [0.15, 0.2) is 0 Å². The van der Waals surface area contributed by atoms with Crippen LogP contribution in [0.5, 0.6) is 0 Å². The zero-order valence-electron chi connectivity index (χ0n) is 8.23. The molecule has 0 aromatic rings. The first-order valence-electron chi connectivity index (χ1n) is 3.86. The summed E-state index contributed by atoms with van der Waals surface area (Å²) in [5.74, 6) is -0.528. The van der Waals surface area contributed by atoms with E-state index in [1.165, 1.54) is 7.11 Å². The monoisotopic (exact) mass is 278 g/mol. The Bertz CT molecular complexity index is 301. The predicted molar refractivity (Wildman–Crippen MR) is 59.5 cm³/mol. The summed E-state index contributed by atoms with van der Waals surface area (Å²) in [6.07, 6.45) is 0. The van der Waals surface area contributed by atoms with E-state index in [-0.39, 0.29) is 16.8 Å². The molecular weight excluding hydrogens is 268 g/mol. The van der Waals surface area contributed by atoms with Crippen LogP contribution in [-0.2, 0) is 9.47 Å². The van der Waals surface area contributed by atoms with Crippen LogP contribution in [0.3, 0.4) is 0 Å². The van der Waals surface area contributed by atoms with Crippen LogP contribution in [0.15, 0.2) is 27.6 Å². The van der Waals surface area contributed by atoms with Crippen molar-refractivity contribution in [3.63, 3.8) is 0 Å². The number of rotatable bonds is 7. The summed E-state index contributed by atoms with van der Waals surface area (Å²) in [6.45, 7) is 7.06. The summed E-state index contributed by atoms with van der Waals surface area (Å²) >= 11 is 2.99. The molecule has 0 bridgehead atoms.